The van der Waals surface area contributed by atoms with Gasteiger partial charge in [0.15, 0.2) is 0 Å². The van der Waals surface area contributed by atoms with Crippen LogP contribution >= 0.6 is 0 Å². The average molecular weight is 319 g/mol. The zero-order valence-corrected chi connectivity index (χ0v) is 14.9. The van der Waals surface area contributed by atoms with E-state index >= 15 is 0 Å². The van der Waals surface area contributed by atoms with Crippen LogP contribution in [0.3, 0.4) is 0 Å². The van der Waals surface area contributed by atoms with Crippen molar-refractivity contribution < 1.29 is 9.90 Å². The maximum Gasteiger partial charge on any atom is 0.243 e. The minimum atomic E-state index is -0.778. The fourth-order valence-electron chi connectivity index (χ4n) is 2.07. The molecule has 130 valence electrons. The number of unbranched alkanes of at least 4 members (excludes halogenated alkanes) is 1. The van der Waals surface area contributed by atoms with Gasteiger partial charge >= 0.3 is 0 Å². The molecule has 1 unspecified atom stereocenters. The van der Waals surface area contributed by atoms with Gasteiger partial charge in [-0.2, -0.15) is 0 Å². The number of nitrogens with one attached hydrogen (secondary N) is 1. The highest BCUT2D eigenvalue weighted by molar-refractivity contribution is 5.87. The number of hydrogen-bond acceptors (Lipinski definition) is 2. The zero-order chi connectivity index (χ0) is 17.4. The molecule has 0 spiro atoms. The van der Waals surface area contributed by atoms with Crippen LogP contribution in [0.4, 0.5) is 0 Å². The van der Waals surface area contributed by atoms with E-state index in [1.165, 1.54) is 0 Å². The molecule has 0 aliphatic carbocycles. The van der Waals surface area contributed by atoms with Gasteiger partial charge < -0.3 is 10.4 Å². The number of hydrogen-bond donors (Lipinski definition) is 2. The highest BCUT2D eigenvalue weighted by Gasteiger charge is 2.23. The summed E-state index contributed by atoms with van der Waals surface area (Å²) in [7, 11) is 0. The van der Waals surface area contributed by atoms with Gasteiger partial charge in [0.25, 0.3) is 0 Å². The second-order valence-electron chi connectivity index (χ2n) is 5.67. The van der Waals surface area contributed by atoms with Gasteiger partial charge in [0.05, 0.1) is 5.60 Å². The molecular formula is C20H33NO2. The van der Waals surface area contributed by atoms with Crippen molar-refractivity contribution in [2.45, 2.75) is 64.9 Å². The monoisotopic (exact) mass is 319 g/mol. The summed E-state index contributed by atoms with van der Waals surface area (Å²) in [6.07, 6.45) is 20.7. The van der Waals surface area contributed by atoms with Crippen LogP contribution in [0.15, 0.2) is 48.6 Å². The molecule has 0 heterocycles. The molecule has 0 fully saturated rings. The largest absolute Gasteiger partial charge is 0.388 e. The molecule has 1 amide bonds. The number of carbonyl (C=O) groups excluding carboxylic acids is 1. The molecule has 23 heavy (non-hydrogen) atoms. The lowest BCUT2D eigenvalue weighted by molar-refractivity contribution is -0.117. The first kappa shape index (κ1) is 21.4. The van der Waals surface area contributed by atoms with Crippen LogP contribution in [0.1, 0.15) is 59.3 Å². The summed E-state index contributed by atoms with van der Waals surface area (Å²) >= 11 is 0. The Morgan fingerprint density at radius 1 is 1.00 bits per heavy atom. The second kappa shape index (κ2) is 14.0. The summed E-state index contributed by atoms with van der Waals surface area (Å²) < 4.78 is 0. The molecule has 0 aliphatic heterocycles. The van der Waals surface area contributed by atoms with Crippen molar-refractivity contribution in [3.8, 4) is 0 Å². The van der Waals surface area contributed by atoms with Crippen LogP contribution < -0.4 is 5.32 Å². The van der Waals surface area contributed by atoms with Crippen molar-refractivity contribution in [3.63, 3.8) is 0 Å². The van der Waals surface area contributed by atoms with Crippen molar-refractivity contribution in [1.29, 1.82) is 0 Å². The normalized spacial score (nSPS) is 15.1. The topological polar surface area (TPSA) is 49.3 Å². The predicted octanol–water partition coefficient (Wildman–Crippen LogP) is 4.46. The lowest BCUT2D eigenvalue weighted by atomic mass is 9.95. The third-order valence-electron chi connectivity index (χ3n) is 3.58. The number of rotatable bonds is 12. The Morgan fingerprint density at radius 3 is 2.26 bits per heavy atom. The van der Waals surface area contributed by atoms with Crippen molar-refractivity contribution in [1.82, 2.24) is 5.32 Å². The smallest absolute Gasteiger partial charge is 0.243 e. The highest BCUT2D eigenvalue weighted by atomic mass is 16.3. The highest BCUT2D eigenvalue weighted by Crippen LogP contribution is 2.15. The summed E-state index contributed by atoms with van der Waals surface area (Å²) in [6, 6.07) is 0. The Morgan fingerprint density at radius 2 is 1.65 bits per heavy atom. The van der Waals surface area contributed by atoms with Crippen LogP contribution in [0, 0.1) is 0 Å². The fourth-order valence-corrected chi connectivity index (χ4v) is 2.07. The van der Waals surface area contributed by atoms with E-state index in [0.717, 1.165) is 25.7 Å². The molecule has 0 bridgehead atoms. The summed E-state index contributed by atoms with van der Waals surface area (Å²) in [6.45, 7) is 6.40. The van der Waals surface area contributed by atoms with E-state index in [-0.39, 0.29) is 5.91 Å². The SMILES string of the molecule is CCC=CC=CC=CCCC=CC(=O)NCC(O)(CC)CCC. The van der Waals surface area contributed by atoms with Crippen LogP contribution in [-0.4, -0.2) is 23.2 Å². The van der Waals surface area contributed by atoms with Gasteiger partial charge in [-0.05, 0) is 38.2 Å². The Labute approximate surface area is 141 Å². The molecule has 0 aromatic rings. The predicted molar refractivity (Wildman–Crippen MR) is 99.2 cm³/mol. The first-order valence-corrected chi connectivity index (χ1v) is 8.73. The van der Waals surface area contributed by atoms with E-state index < -0.39 is 5.60 Å². The Hall–Kier alpha value is -1.61. The zero-order valence-electron chi connectivity index (χ0n) is 14.9. The maximum atomic E-state index is 11.7. The van der Waals surface area contributed by atoms with Gasteiger partial charge in [-0.3, -0.25) is 4.79 Å². The van der Waals surface area contributed by atoms with Gasteiger partial charge in [-0.1, -0.05) is 69.7 Å². The third kappa shape index (κ3) is 12.6. The fraction of sp³-hybridized carbons (Fsp3) is 0.550. The number of carbonyl (C=O) groups is 1. The summed E-state index contributed by atoms with van der Waals surface area (Å²) in [4.78, 5) is 11.7. The van der Waals surface area contributed by atoms with E-state index in [2.05, 4.69) is 24.4 Å². The molecule has 3 nitrogen and oxygen atoms in total. The molecule has 3 heteroatoms. The van der Waals surface area contributed by atoms with Crippen LogP contribution in [0.5, 0.6) is 0 Å². The lowest BCUT2D eigenvalue weighted by Gasteiger charge is -2.26. The quantitative estimate of drug-likeness (QED) is 0.317. The molecule has 0 saturated carbocycles. The molecule has 0 rings (SSSR count). The van der Waals surface area contributed by atoms with Crippen molar-refractivity contribution in [3.05, 3.63) is 48.6 Å². The number of allylic oxidation sites excluding steroid dienone is 7. The van der Waals surface area contributed by atoms with Crippen molar-refractivity contribution >= 4 is 5.91 Å². The maximum absolute atomic E-state index is 11.7. The first-order chi connectivity index (χ1) is 11.1. The summed E-state index contributed by atoms with van der Waals surface area (Å²) in [5, 5.41) is 13.0. The molecule has 0 aromatic carbocycles. The van der Waals surface area contributed by atoms with Crippen LogP contribution in [0.25, 0.3) is 0 Å². The first-order valence-electron chi connectivity index (χ1n) is 8.73. The molecule has 0 aliphatic rings. The Balaban J connectivity index is 3.91. The Bertz CT molecular complexity index is 421. The van der Waals surface area contributed by atoms with Gasteiger partial charge in [0.1, 0.15) is 0 Å². The van der Waals surface area contributed by atoms with Crippen molar-refractivity contribution in [2.75, 3.05) is 6.54 Å². The lowest BCUT2D eigenvalue weighted by Crippen LogP contribution is -2.41. The molecule has 0 radical (unpaired) electrons. The van der Waals surface area contributed by atoms with E-state index in [1.807, 2.05) is 44.2 Å². The third-order valence-corrected chi connectivity index (χ3v) is 3.58. The minimum absolute atomic E-state index is 0.137. The molecule has 2 N–H and O–H groups in total. The Kier molecular flexibility index (Phi) is 13.0. The van der Waals surface area contributed by atoms with E-state index in [0.29, 0.717) is 19.4 Å². The average Bonchev–Trinajstić information content (AvgIpc) is 2.55. The molecule has 0 aromatic heterocycles. The van der Waals surface area contributed by atoms with Crippen molar-refractivity contribution in [2.24, 2.45) is 0 Å². The molecular weight excluding hydrogens is 286 g/mol. The van der Waals surface area contributed by atoms with Crippen LogP contribution in [-0.2, 0) is 4.79 Å². The number of aliphatic hydroxyl groups is 1. The van der Waals surface area contributed by atoms with Crippen LogP contribution in [0.2, 0.25) is 0 Å². The standard InChI is InChI=1S/C20H33NO2/c1-4-7-8-9-10-11-12-13-14-15-16-19(22)21-18-20(23,6-3)17-5-2/h7-12,15-16,23H,4-6,13-14,17-18H2,1-3H3,(H,21,22). The van der Waals surface area contributed by atoms with Gasteiger partial charge in [0.2, 0.25) is 5.91 Å². The number of amides is 1. The van der Waals surface area contributed by atoms with E-state index in [1.54, 1.807) is 6.08 Å². The van der Waals surface area contributed by atoms with E-state index in [9.17, 15) is 9.90 Å². The minimum Gasteiger partial charge on any atom is -0.388 e. The molecule has 1 atom stereocenters. The van der Waals surface area contributed by atoms with E-state index in [4.69, 9.17) is 0 Å². The van der Waals surface area contributed by atoms with Gasteiger partial charge in [-0.25, -0.2) is 0 Å². The molecule has 0 saturated heterocycles. The summed E-state index contributed by atoms with van der Waals surface area (Å²) in [5.41, 5.74) is -0.778. The second-order valence-corrected chi connectivity index (χ2v) is 5.67. The van der Waals surface area contributed by atoms with Gasteiger partial charge in [0, 0.05) is 6.54 Å². The summed E-state index contributed by atoms with van der Waals surface area (Å²) in [5.74, 6) is -0.137. The van der Waals surface area contributed by atoms with Gasteiger partial charge in [-0.15, -0.1) is 0 Å².